The zero-order valence-corrected chi connectivity index (χ0v) is 12.7. The van der Waals surface area contributed by atoms with E-state index in [-0.39, 0.29) is 17.9 Å². The normalized spacial score (nSPS) is 11.4. The molecule has 3 nitrogen and oxygen atoms in total. The van der Waals surface area contributed by atoms with Gasteiger partial charge in [-0.15, -0.1) is 0 Å². The zero-order valence-electron chi connectivity index (χ0n) is 12.7. The highest BCUT2D eigenvalue weighted by atomic mass is 16.5. The van der Waals surface area contributed by atoms with Crippen LogP contribution in [0.2, 0.25) is 0 Å². The Labute approximate surface area is 116 Å². The van der Waals surface area contributed by atoms with Gasteiger partial charge in [-0.3, -0.25) is 4.79 Å². The fraction of sp³-hybridized carbons (Fsp3) is 0.562. The number of carbonyl (C=O) groups excluding carboxylic acids is 1. The number of esters is 1. The molecule has 3 heteroatoms. The maximum atomic E-state index is 11.3. The van der Waals surface area contributed by atoms with Gasteiger partial charge in [0.25, 0.3) is 0 Å². The summed E-state index contributed by atoms with van der Waals surface area (Å²) in [4.78, 5) is 11.3. The highest BCUT2D eigenvalue weighted by Gasteiger charge is 2.14. The summed E-state index contributed by atoms with van der Waals surface area (Å²) >= 11 is 0. The molecular weight excluding hydrogens is 238 g/mol. The third kappa shape index (κ3) is 5.03. The quantitative estimate of drug-likeness (QED) is 0.830. The molecule has 0 fully saturated rings. The van der Waals surface area contributed by atoms with Crippen LogP contribution < -0.4 is 5.32 Å². The summed E-state index contributed by atoms with van der Waals surface area (Å²) in [6, 6.07) is 6.53. The molecule has 0 atom stereocenters. The molecule has 0 saturated heterocycles. The van der Waals surface area contributed by atoms with E-state index in [2.05, 4.69) is 51.2 Å². The Bertz CT molecular complexity index is 433. The van der Waals surface area contributed by atoms with E-state index in [1.807, 2.05) is 6.92 Å². The number of hydrogen-bond acceptors (Lipinski definition) is 3. The van der Waals surface area contributed by atoms with Gasteiger partial charge in [-0.25, -0.2) is 0 Å². The van der Waals surface area contributed by atoms with Gasteiger partial charge in [0.15, 0.2) is 0 Å². The van der Waals surface area contributed by atoms with Crippen LogP contribution in [0.3, 0.4) is 0 Å². The van der Waals surface area contributed by atoms with Gasteiger partial charge in [-0.2, -0.15) is 0 Å². The summed E-state index contributed by atoms with van der Waals surface area (Å²) in [5, 5.41) is 3.13. The molecule has 0 spiro atoms. The molecule has 19 heavy (non-hydrogen) atoms. The monoisotopic (exact) mass is 263 g/mol. The van der Waals surface area contributed by atoms with Crippen molar-refractivity contribution < 1.29 is 9.53 Å². The van der Waals surface area contributed by atoms with Crippen molar-refractivity contribution in [1.82, 2.24) is 5.32 Å². The molecule has 1 N–H and O–H groups in total. The summed E-state index contributed by atoms with van der Waals surface area (Å²) in [6.45, 7) is 11.9. The standard InChI is InChI=1S/C16H25NO2/c1-6-19-15(18)11-17-10-13-9-14(16(3,4)5)8-7-12(13)2/h7-9,17H,6,10-11H2,1-5H3. The largest absolute Gasteiger partial charge is 0.465 e. The first kappa shape index (κ1) is 15.7. The van der Waals surface area contributed by atoms with E-state index in [0.717, 1.165) is 0 Å². The summed E-state index contributed by atoms with van der Waals surface area (Å²) in [5.74, 6) is -0.202. The van der Waals surface area contributed by atoms with Gasteiger partial charge in [0, 0.05) is 6.54 Å². The first-order valence-electron chi connectivity index (χ1n) is 6.81. The predicted octanol–water partition coefficient (Wildman–Crippen LogP) is 2.95. The van der Waals surface area contributed by atoms with Crippen molar-refractivity contribution >= 4 is 5.97 Å². The molecular formula is C16H25NO2. The van der Waals surface area contributed by atoms with E-state index in [1.165, 1.54) is 16.7 Å². The molecule has 0 aliphatic heterocycles. The van der Waals surface area contributed by atoms with Gasteiger partial charge in [0.1, 0.15) is 0 Å². The van der Waals surface area contributed by atoms with Crippen LogP contribution in [0, 0.1) is 6.92 Å². The predicted molar refractivity (Wildman–Crippen MR) is 78.2 cm³/mol. The van der Waals surface area contributed by atoms with Crippen LogP contribution in [0.1, 0.15) is 44.4 Å². The van der Waals surface area contributed by atoms with Crippen molar-refractivity contribution in [2.24, 2.45) is 0 Å². The van der Waals surface area contributed by atoms with E-state index in [1.54, 1.807) is 0 Å². The van der Waals surface area contributed by atoms with Crippen LogP contribution in [0.15, 0.2) is 18.2 Å². The molecule has 0 aliphatic rings. The fourth-order valence-corrected chi connectivity index (χ4v) is 1.84. The third-order valence-electron chi connectivity index (χ3n) is 3.11. The van der Waals surface area contributed by atoms with Crippen LogP contribution in [-0.4, -0.2) is 19.1 Å². The zero-order chi connectivity index (χ0) is 14.5. The van der Waals surface area contributed by atoms with Crippen molar-refractivity contribution in [3.8, 4) is 0 Å². The van der Waals surface area contributed by atoms with Crippen molar-refractivity contribution in [1.29, 1.82) is 0 Å². The second-order valence-electron chi connectivity index (χ2n) is 5.80. The number of carbonyl (C=O) groups is 1. The molecule has 1 aromatic carbocycles. The molecule has 0 unspecified atom stereocenters. The van der Waals surface area contributed by atoms with Crippen molar-refractivity contribution in [2.75, 3.05) is 13.2 Å². The number of hydrogen-bond donors (Lipinski definition) is 1. The van der Waals surface area contributed by atoms with Crippen LogP contribution in [0.5, 0.6) is 0 Å². The summed E-state index contributed by atoms with van der Waals surface area (Å²) in [6.07, 6.45) is 0. The maximum absolute atomic E-state index is 11.3. The van der Waals surface area contributed by atoms with E-state index < -0.39 is 0 Å². The van der Waals surface area contributed by atoms with E-state index in [9.17, 15) is 4.79 Å². The SMILES string of the molecule is CCOC(=O)CNCc1cc(C(C)(C)C)ccc1C. The Morgan fingerprint density at radius 1 is 1.32 bits per heavy atom. The number of rotatable bonds is 5. The topological polar surface area (TPSA) is 38.3 Å². The average molecular weight is 263 g/mol. The second-order valence-corrected chi connectivity index (χ2v) is 5.80. The van der Waals surface area contributed by atoms with Gasteiger partial charge in [0.2, 0.25) is 0 Å². The lowest BCUT2D eigenvalue weighted by Crippen LogP contribution is -2.25. The lowest BCUT2D eigenvalue weighted by Gasteiger charge is -2.21. The molecule has 0 aromatic heterocycles. The number of nitrogens with one attached hydrogen (secondary N) is 1. The lowest BCUT2D eigenvalue weighted by molar-refractivity contribution is -0.142. The van der Waals surface area contributed by atoms with Crippen LogP contribution in [0.25, 0.3) is 0 Å². The van der Waals surface area contributed by atoms with Crippen LogP contribution >= 0.6 is 0 Å². The highest BCUT2D eigenvalue weighted by molar-refractivity contribution is 5.71. The molecule has 0 saturated carbocycles. The number of benzene rings is 1. The molecule has 0 radical (unpaired) electrons. The van der Waals surface area contributed by atoms with Gasteiger partial charge in [-0.05, 0) is 36.0 Å². The highest BCUT2D eigenvalue weighted by Crippen LogP contribution is 2.24. The number of ether oxygens (including phenoxy) is 1. The van der Waals surface area contributed by atoms with E-state index in [4.69, 9.17) is 4.74 Å². The van der Waals surface area contributed by atoms with Crippen LogP contribution in [0.4, 0.5) is 0 Å². The van der Waals surface area contributed by atoms with Crippen molar-refractivity contribution in [3.05, 3.63) is 34.9 Å². The first-order chi connectivity index (χ1) is 8.84. The fourth-order valence-electron chi connectivity index (χ4n) is 1.84. The Morgan fingerprint density at radius 3 is 2.58 bits per heavy atom. The second kappa shape index (κ2) is 6.71. The molecule has 0 aliphatic carbocycles. The molecule has 1 rings (SSSR count). The first-order valence-corrected chi connectivity index (χ1v) is 6.81. The Kier molecular flexibility index (Phi) is 5.55. The minimum Gasteiger partial charge on any atom is -0.465 e. The Hall–Kier alpha value is -1.35. The van der Waals surface area contributed by atoms with E-state index in [0.29, 0.717) is 13.2 Å². The van der Waals surface area contributed by atoms with Crippen molar-refractivity contribution in [3.63, 3.8) is 0 Å². The van der Waals surface area contributed by atoms with Crippen molar-refractivity contribution in [2.45, 2.75) is 46.6 Å². The third-order valence-corrected chi connectivity index (χ3v) is 3.11. The summed E-state index contributed by atoms with van der Waals surface area (Å²) < 4.78 is 4.89. The van der Waals surface area contributed by atoms with E-state index >= 15 is 0 Å². The Morgan fingerprint density at radius 2 is 2.00 bits per heavy atom. The molecule has 0 amide bonds. The summed E-state index contributed by atoms with van der Waals surface area (Å²) in [5.41, 5.74) is 3.93. The lowest BCUT2D eigenvalue weighted by atomic mass is 9.85. The average Bonchev–Trinajstić information content (AvgIpc) is 2.30. The minimum atomic E-state index is -0.202. The Balaban J connectivity index is 2.65. The summed E-state index contributed by atoms with van der Waals surface area (Å²) in [7, 11) is 0. The minimum absolute atomic E-state index is 0.142. The molecule has 0 heterocycles. The smallest absolute Gasteiger partial charge is 0.319 e. The van der Waals surface area contributed by atoms with Gasteiger partial charge in [0.05, 0.1) is 13.2 Å². The van der Waals surface area contributed by atoms with Crippen LogP contribution in [-0.2, 0) is 21.5 Å². The van der Waals surface area contributed by atoms with Gasteiger partial charge in [-0.1, -0.05) is 39.0 Å². The number of aryl methyl sites for hydroxylation is 1. The van der Waals surface area contributed by atoms with Gasteiger partial charge >= 0.3 is 5.97 Å². The molecule has 1 aromatic rings. The molecule has 106 valence electrons. The molecule has 0 bridgehead atoms. The van der Waals surface area contributed by atoms with Gasteiger partial charge < -0.3 is 10.1 Å². The maximum Gasteiger partial charge on any atom is 0.319 e.